The van der Waals surface area contributed by atoms with Gasteiger partial charge in [-0.3, -0.25) is 0 Å². The molecule has 2 atom stereocenters. The van der Waals surface area contributed by atoms with Gasteiger partial charge in [-0.25, -0.2) is 0 Å². The highest BCUT2D eigenvalue weighted by Crippen LogP contribution is 2.30. The van der Waals surface area contributed by atoms with Gasteiger partial charge in [0.1, 0.15) is 0 Å². The molecule has 0 aromatic carbocycles. The molecule has 52 valence electrons. The quantitative estimate of drug-likeness (QED) is 0.461. The van der Waals surface area contributed by atoms with Crippen LogP contribution in [0.4, 0.5) is 0 Å². The summed E-state index contributed by atoms with van der Waals surface area (Å²) in [5.41, 5.74) is 0. The average Bonchev–Trinajstić information content (AvgIpc) is 1.80. The van der Waals surface area contributed by atoms with E-state index >= 15 is 0 Å². The highest BCUT2D eigenvalue weighted by molar-refractivity contribution is 14.1. The summed E-state index contributed by atoms with van der Waals surface area (Å²) in [6, 6.07) is 0. The summed E-state index contributed by atoms with van der Waals surface area (Å²) in [7, 11) is 0. The third-order valence-electron chi connectivity index (χ3n) is 1.69. The van der Waals surface area contributed by atoms with Gasteiger partial charge in [0.05, 0.1) is 5.38 Å². The maximum absolute atomic E-state index is 5.90. The van der Waals surface area contributed by atoms with Gasteiger partial charge < -0.3 is 0 Å². The molecule has 0 aromatic rings. The molecule has 1 rings (SSSR count). The molecule has 0 N–H and O–H groups in total. The third-order valence-corrected chi connectivity index (χ3v) is 3.45. The molecule has 0 nitrogen and oxygen atoms in total. The molecule has 0 bridgehead atoms. The second-order valence-electron chi connectivity index (χ2n) is 2.55. The van der Waals surface area contributed by atoms with E-state index in [-0.39, 0.29) is 0 Å². The highest BCUT2D eigenvalue weighted by atomic mass is 127. The van der Waals surface area contributed by atoms with Crippen molar-refractivity contribution >= 4 is 34.2 Å². The first-order valence-electron chi connectivity index (χ1n) is 3.21. The van der Waals surface area contributed by atoms with Gasteiger partial charge in [0.15, 0.2) is 0 Å². The van der Waals surface area contributed by atoms with Crippen molar-refractivity contribution in [3.8, 4) is 0 Å². The van der Waals surface area contributed by atoms with E-state index in [1.807, 2.05) is 0 Å². The largest absolute Gasteiger partial charge is 0.118 e. The van der Waals surface area contributed by atoms with Gasteiger partial charge in [-0.05, 0) is 44.9 Å². The van der Waals surface area contributed by atoms with Crippen molar-refractivity contribution in [1.82, 2.24) is 0 Å². The monoisotopic (exact) mass is 256 g/mol. The molecule has 0 saturated heterocycles. The molecule has 0 aromatic heterocycles. The molecular formula is C7H10ClI. The van der Waals surface area contributed by atoms with Crippen molar-refractivity contribution in [2.45, 2.75) is 25.1 Å². The summed E-state index contributed by atoms with van der Waals surface area (Å²) < 4.78 is 1.43. The number of alkyl halides is 1. The van der Waals surface area contributed by atoms with Crippen LogP contribution >= 0.6 is 34.2 Å². The molecule has 9 heavy (non-hydrogen) atoms. The van der Waals surface area contributed by atoms with Crippen molar-refractivity contribution < 1.29 is 0 Å². The van der Waals surface area contributed by atoms with Crippen LogP contribution in [-0.2, 0) is 0 Å². The number of allylic oxidation sites excluding steroid dienone is 2. The molecule has 0 amide bonds. The SMILES string of the molecule is CC1CCC(Cl)C=C1I. The minimum Gasteiger partial charge on any atom is -0.118 e. The number of hydrogen-bond donors (Lipinski definition) is 0. The van der Waals surface area contributed by atoms with Crippen molar-refractivity contribution in [2.75, 3.05) is 0 Å². The summed E-state index contributed by atoms with van der Waals surface area (Å²) in [6.45, 7) is 2.25. The van der Waals surface area contributed by atoms with Crippen LogP contribution in [0.5, 0.6) is 0 Å². The molecule has 0 heterocycles. The van der Waals surface area contributed by atoms with Crippen molar-refractivity contribution in [3.63, 3.8) is 0 Å². The lowest BCUT2D eigenvalue weighted by molar-refractivity contribution is 0.584. The topological polar surface area (TPSA) is 0 Å². The van der Waals surface area contributed by atoms with Crippen LogP contribution in [0.25, 0.3) is 0 Å². The van der Waals surface area contributed by atoms with E-state index in [1.54, 1.807) is 0 Å². The van der Waals surface area contributed by atoms with Crippen LogP contribution in [0.2, 0.25) is 0 Å². The fourth-order valence-corrected chi connectivity index (χ4v) is 2.19. The van der Waals surface area contributed by atoms with E-state index in [0.29, 0.717) is 5.38 Å². The fourth-order valence-electron chi connectivity index (χ4n) is 0.967. The number of halogens is 2. The van der Waals surface area contributed by atoms with Gasteiger partial charge in [-0.2, -0.15) is 0 Å². The first-order chi connectivity index (χ1) is 4.20. The Morgan fingerprint density at radius 2 is 2.33 bits per heavy atom. The molecule has 0 saturated carbocycles. The highest BCUT2D eigenvalue weighted by Gasteiger charge is 2.15. The second-order valence-corrected chi connectivity index (χ2v) is 4.35. The van der Waals surface area contributed by atoms with Crippen LogP contribution in [0.3, 0.4) is 0 Å². The molecule has 0 aliphatic heterocycles. The summed E-state index contributed by atoms with van der Waals surface area (Å²) in [6.07, 6.45) is 4.56. The Morgan fingerprint density at radius 1 is 1.67 bits per heavy atom. The Balaban J connectivity index is 2.61. The van der Waals surface area contributed by atoms with Gasteiger partial charge in [0.25, 0.3) is 0 Å². The average molecular weight is 257 g/mol. The minimum atomic E-state index is 0.299. The van der Waals surface area contributed by atoms with Crippen LogP contribution in [0.15, 0.2) is 9.66 Å². The molecule has 2 heteroatoms. The first-order valence-corrected chi connectivity index (χ1v) is 4.73. The summed E-state index contributed by atoms with van der Waals surface area (Å²) in [5.74, 6) is 0.751. The van der Waals surface area contributed by atoms with E-state index in [0.717, 1.165) is 12.3 Å². The van der Waals surface area contributed by atoms with Crippen molar-refractivity contribution in [3.05, 3.63) is 9.66 Å². The molecule has 2 unspecified atom stereocenters. The van der Waals surface area contributed by atoms with Crippen molar-refractivity contribution in [2.24, 2.45) is 5.92 Å². The zero-order valence-electron chi connectivity index (χ0n) is 5.40. The predicted molar refractivity (Wildman–Crippen MR) is 50.1 cm³/mol. The Kier molecular flexibility index (Phi) is 2.83. The lowest BCUT2D eigenvalue weighted by Gasteiger charge is -2.18. The molecular weight excluding hydrogens is 246 g/mol. The third kappa shape index (κ3) is 2.11. The summed E-state index contributed by atoms with van der Waals surface area (Å²) in [5, 5.41) is 0.299. The maximum atomic E-state index is 5.90. The van der Waals surface area contributed by atoms with Crippen LogP contribution in [0, 0.1) is 5.92 Å². The Hall–Kier alpha value is 0.760. The normalized spacial score (nSPS) is 36.1. The lowest BCUT2D eigenvalue weighted by Crippen LogP contribution is -2.07. The Bertz CT molecular complexity index is 131. The van der Waals surface area contributed by atoms with Crippen LogP contribution in [0.1, 0.15) is 19.8 Å². The molecule has 0 fully saturated rings. The molecule has 0 radical (unpaired) electrons. The van der Waals surface area contributed by atoms with E-state index in [2.05, 4.69) is 35.6 Å². The van der Waals surface area contributed by atoms with Gasteiger partial charge in [0.2, 0.25) is 0 Å². The Morgan fingerprint density at radius 3 is 2.78 bits per heavy atom. The summed E-state index contributed by atoms with van der Waals surface area (Å²) >= 11 is 8.27. The van der Waals surface area contributed by atoms with E-state index < -0.39 is 0 Å². The first kappa shape index (κ1) is 7.86. The fraction of sp³-hybridized carbons (Fsp3) is 0.714. The van der Waals surface area contributed by atoms with Gasteiger partial charge in [0, 0.05) is 0 Å². The standard InChI is InChI=1S/C7H10ClI/c1-5-2-3-6(8)4-7(5)9/h4-6H,2-3H2,1H3. The maximum Gasteiger partial charge on any atom is 0.0526 e. The zero-order chi connectivity index (χ0) is 6.85. The van der Waals surface area contributed by atoms with Gasteiger partial charge in [-0.1, -0.05) is 13.0 Å². The molecule has 1 aliphatic carbocycles. The molecule has 0 spiro atoms. The van der Waals surface area contributed by atoms with Crippen molar-refractivity contribution in [1.29, 1.82) is 0 Å². The zero-order valence-corrected chi connectivity index (χ0v) is 8.32. The molecule has 1 aliphatic rings. The predicted octanol–water partition coefficient (Wildman–Crippen LogP) is 3.34. The van der Waals surface area contributed by atoms with E-state index in [1.165, 1.54) is 10.0 Å². The lowest BCUT2D eigenvalue weighted by atomic mass is 9.98. The summed E-state index contributed by atoms with van der Waals surface area (Å²) in [4.78, 5) is 0. The van der Waals surface area contributed by atoms with Gasteiger partial charge >= 0.3 is 0 Å². The number of hydrogen-bond acceptors (Lipinski definition) is 0. The minimum absolute atomic E-state index is 0.299. The smallest absolute Gasteiger partial charge is 0.0526 e. The van der Waals surface area contributed by atoms with E-state index in [4.69, 9.17) is 11.6 Å². The Labute approximate surface area is 74.8 Å². The van der Waals surface area contributed by atoms with E-state index in [9.17, 15) is 0 Å². The van der Waals surface area contributed by atoms with Crippen LogP contribution in [-0.4, -0.2) is 5.38 Å². The van der Waals surface area contributed by atoms with Gasteiger partial charge in [-0.15, -0.1) is 11.6 Å². The number of rotatable bonds is 0. The van der Waals surface area contributed by atoms with Crippen LogP contribution < -0.4 is 0 Å². The second kappa shape index (κ2) is 3.24.